The van der Waals surface area contributed by atoms with Crippen molar-refractivity contribution in [2.75, 3.05) is 17.7 Å². The van der Waals surface area contributed by atoms with Gasteiger partial charge in [-0.2, -0.15) is 5.10 Å². The molecule has 0 bridgehead atoms. The van der Waals surface area contributed by atoms with E-state index in [1.165, 1.54) is 0 Å². The summed E-state index contributed by atoms with van der Waals surface area (Å²) in [6.07, 6.45) is 3.90. The second-order valence-electron chi connectivity index (χ2n) is 8.75. The van der Waals surface area contributed by atoms with Crippen molar-refractivity contribution in [3.05, 3.63) is 83.8 Å². The molecular formula is C27H26N8O2. The molecule has 3 heterocycles. The van der Waals surface area contributed by atoms with Gasteiger partial charge >= 0.3 is 0 Å². The number of carbonyl (C=O) groups is 1. The second-order valence-corrected chi connectivity index (χ2v) is 8.75. The molecule has 3 aromatic heterocycles. The van der Waals surface area contributed by atoms with Crippen LogP contribution in [0.5, 0.6) is 0 Å². The number of aromatic amines is 1. The second kappa shape index (κ2) is 10.0. The molecule has 0 unspecified atom stereocenters. The number of anilines is 2. The normalized spacial score (nSPS) is 11.9. The Labute approximate surface area is 212 Å². The van der Waals surface area contributed by atoms with Crippen LogP contribution in [-0.4, -0.2) is 48.8 Å². The number of primary amides is 1. The Morgan fingerprint density at radius 3 is 2.68 bits per heavy atom. The van der Waals surface area contributed by atoms with Crippen molar-refractivity contribution in [3.8, 4) is 22.5 Å². The topological polar surface area (TPSA) is 169 Å². The van der Waals surface area contributed by atoms with Crippen LogP contribution in [0.3, 0.4) is 0 Å². The molecule has 10 heteroatoms. The van der Waals surface area contributed by atoms with Crippen molar-refractivity contribution in [1.29, 1.82) is 0 Å². The summed E-state index contributed by atoms with van der Waals surface area (Å²) in [5.74, 6) is -0.422. The first kappa shape index (κ1) is 23.9. The summed E-state index contributed by atoms with van der Waals surface area (Å²) in [6.45, 7) is 1.85. The number of pyridine rings is 1. The van der Waals surface area contributed by atoms with Gasteiger partial charge in [0.05, 0.1) is 41.4 Å². The first-order valence-corrected chi connectivity index (χ1v) is 11.7. The van der Waals surface area contributed by atoms with E-state index in [0.29, 0.717) is 29.3 Å². The predicted molar refractivity (Wildman–Crippen MR) is 143 cm³/mol. The molecule has 186 valence electrons. The zero-order valence-electron chi connectivity index (χ0n) is 20.1. The van der Waals surface area contributed by atoms with Crippen molar-refractivity contribution in [1.82, 2.24) is 25.1 Å². The summed E-state index contributed by atoms with van der Waals surface area (Å²) < 4.78 is 0. The van der Waals surface area contributed by atoms with E-state index < -0.39 is 5.91 Å². The van der Waals surface area contributed by atoms with E-state index in [-0.39, 0.29) is 24.0 Å². The Morgan fingerprint density at radius 2 is 1.92 bits per heavy atom. The van der Waals surface area contributed by atoms with E-state index in [1.807, 2.05) is 49.4 Å². The van der Waals surface area contributed by atoms with Gasteiger partial charge < -0.3 is 21.9 Å². The molecule has 10 nitrogen and oxygen atoms in total. The van der Waals surface area contributed by atoms with E-state index in [0.717, 1.165) is 27.6 Å². The molecule has 0 saturated carbocycles. The number of aryl methyl sites for hydroxylation is 1. The Hall–Kier alpha value is -4.83. The lowest BCUT2D eigenvalue weighted by Gasteiger charge is -2.17. The SMILES string of the molecule is Cc1ccc2[nH]ncc2c1-c1cc(-c2ccnc(N[C@H](CO)Cc3ccccc3)n2)nc(C(N)=O)c1N. The smallest absolute Gasteiger partial charge is 0.269 e. The maximum absolute atomic E-state index is 12.3. The standard InChI is InChI=1S/C27H26N8O2/c1-15-7-8-20-19(13-31-35-20)23(15)18-12-22(33-25(24(18)28)26(29)37)21-9-10-30-27(34-21)32-17(14-36)11-16-5-3-2-4-6-16/h2-10,12-13,17,36H,11,14,28H2,1H3,(H2,29,37)(H,31,35)(H,30,32,34)/t17-/m0/s1. The van der Waals surface area contributed by atoms with Gasteiger partial charge in [0, 0.05) is 17.1 Å². The number of aliphatic hydroxyl groups excluding tert-OH is 1. The maximum atomic E-state index is 12.3. The van der Waals surface area contributed by atoms with Crippen molar-refractivity contribution < 1.29 is 9.90 Å². The first-order chi connectivity index (χ1) is 17.9. The fraction of sp³-hybridized carbons (Fsp3) is 0.148. The number of carbonyl (C=O) groups excluding carboxylic acids is 1. The number of amides is 1. The maximum Gasteiger partial charge on any atom is 0.269 e. The van der Waals surface area contributed by atoms with E-state index >= 15 is 0 Å². The van der Waals surface area contributed by atoms with Crippen molar-refractivity contribution in [3.63, 3.8) is 0 Å². The molecule has 7 N–H and O–H groups in total. The molecular weight excluding hydrogens is 468 g/mol. The lowest BCUT2D eigenvalue weighted by Crippen LogP contribution is -2.27. The fourth-order valence-corrected chi connectivity index (χ4v) is 4.38. The molecule has 0 saturated heterocycles. The van der Waals surface area contributed by atoms with Crippen LogP contribution in [0.25, 0.3) is 33.4 Å². The van der Waals surface area contributed by atoms with Gasteiger partial charge in [-0.15, -0.1) is 0 Å². The van der Waals surface area contributed by atoms with Gasteiger partial charge in [-0.25, -0.2) is 15.0 Å². The van der Waals surface area contributed by atoms with Gasteiger partial charge in [0.25, 0.3) is 5.91 Å². The molecule has 0 radical (unpaired) electrons. The highest BCUT2D eigenvalue weighted by atomic mass is 16.3. The third-order valence-corrected chi connectivity index (χ3v) is 6.19. The Bertz CT molecular complexity index is 1580. The highest BCUT2D eigenvalue weighted by molar-refractivity contribution is 6.05. The average molecular weight is 495 g/mol. The minimum absolute atomic E-state index is 0.0437. The van der Waals surface area contributed by atoms with Crippen molar-refractivity contribution in [2.24, 2.45) is 5.73 Å². The molecule has 0 aliphatic carbocycles. The number of rotatable bonds is 8. The number of benzene rings is 2. The van der Waals surface area contributed by atoms with Crippen LogP contribution in [0.2, 0.25) is 0 Å². The van der Waals surface area contributed by atoms with Crippen LogP contribution in [0.15, 0.2) is 67.0 Å². The zero-order valence-corrected chi connectivity index (χ0v) is 20.1. The average Bonchev–Trinajstić information content (AvgIpc) is 3.38. The molecule has 37 heavy (non-hydrogen) atoms. The monoisotopic (exact) mass is 494 g/mol. The molecule has 0 fully saturated rings. The van der Waals surface area contributed by atoms with Gasteiger partial charge in [-0.1, -0.05) is 36.4 Å². The highest BCUT2D eigenvalue weighted by Crippen LogP contribution is 2.37. The number of aliphatic hydroxyl groups is 1. The molecule has 5 rings (SSSR count). The van der Waals surface area contributed by atoms with Crippen molar-refractivity contribution in [2.45, 2.75) is 19.4 Å². The number of hydrogen-bond donors (Lipinski definition) is 5. The van der Waals surface area contributed by atoms with Gasteiger partial charge in [0.15, 0.2) is 5.69 Å². The summed E-state index contributed by atoms with van der Waals surface area (Å²) in [5, 5.41) is 21.1. The number of aromatic nitrogens is 5. The predicted octanol–water partition coefficient (Wildman–Crippen LogP) is 3.09. The van der Waals surface area contributed by atoms with Crippen LogP contribution in [0, 0.1) is 6.92 Å². The largest absolute Gasteiger partial charge is 0.396 e. The van der Waals surface area contributed by atoms with E-state index in [9.17, 15) is 9.90 Å². The van der Waals surface area contributed by atoms with Crippen molar-refractivity contribution >= 4 is 28.4 Å². The lowest BCUT2D eigenvalue weighted by atomic mass is 9.94. The number of H-pyrrole nitrogens is 1. The van der Waals surface area contributed by atoms with Crippen LogP contribution in [-0.2, 0) is 6.42 Å². The Balaban J connectivity index is 1.56. The molecule has 0 spiro atoms. The lowest BCUT2D eigenvalue weighted by molar-refractivity contribution is 0.0996. The Morgan fingerprint density at radius 1 is 1.11 bits per heavy atom. The molecule has 1 atom stereocenters. The number of hydrogen-bond acceptors (Lipinski definition) is 8. The van der Waals surface area contributed by atoms with E-state index in [4.69, 9.17) is 11.5 Å². The van der Waals surface area contributed by atoms with Gasteiger partial charge in [-0.05, 0) is 48.2 Å². The van der Waals surface area contributed by atoms with Crippen LogP contribution in [0.4, 0.5) is 11.6 Å². The van der Waals surface area contributed by atoms with Crippen LogP contribution < -0.4 is 16.8 Å². The summed E-state index contributed by atoms with van der Waals surface area (Å²) >= 11 is 0. The molecule has 5 aromatic rings. The number of nitrogens with zero attached hydrogens (tertiary/aromatic N) is 4. The molecule has 0 aliphatic rings. The Kier molecular flexibility index (Phi) is 6.48. The van der Waals surface area contributed by atoms with Gasteiger partial charge in [0.2, 0.25) is 5.95 Å². The van der Waals surface area contributed by atoms with Gasteiger partial charge in [-0.3, -0.25) is 9.89 Å². The minimum atomic E-state index is -0.742. The fourth-order valence-electron chi connectivity index (χ4n) is 4.38. The number of nitrogen functional groups attached to an aromatic ring is 1. The third-order valence-electron chi connectivity index (χ3n) is 6.19. The number of fused-ring (bicyclic) bond motifs is 1. The highest BCUT2D eigenvalue weighted by Gasteiger charge is 2.21. The number of nitrogens with two attached hydrogens (primary N) is 2. The summed E-state index contributed by atoms with van der Waals surface area (Å²) in [7, 11) is 0. The minimum Gasteiger partial charge on any atom is -0.396 e. The summed E-state index contributed by atoms with van der Waals surface area (Å²) in [5.41, 5.74) is 17.4. The first-order valence-electron chi connectivity index (χ1n) is 11.7. The van der Waals surface area contributed by atoms with E-state index in [1.54, 1.807) is 24.5 Å². The van der Waals surface area contributed by atoms with Crippen LogP contribution >= 0.6 is 0 Å². The summed E-state index contributed by atoms with van der Waals surface area (Å²) in [4.78, 5) is 25.7. The van der Waals surface area contributed by atoms with Crippen LogP contribution in [0.1, 0.15) is 21.6 Å². The third kappa shape index (κ3) is 4.82. The van der Waals surface area contributed by atoms with E-state index in [2.05, 4.69) is 30.5 Å². The summed E-state index contributed by atoms with van der Waals surface area (Å²) in [6, 6.07) is 16.9. The molecule has 1 amide bonds. The number of nitrogens with one attached hydrogen (secondary N) is 2. The van der Waals surface area contributed by atoms with Gasteiger partial charge in [0.1, 0.15) is 0 Å². The zero-order chi connectivity index (χ0) is 25.9. The quantitative estimate of drug-likeness (QED) is 0.219. The molecule has 0 aliphatic heterocycles. The molecule has 2 aromatic carbocycles.